The van der Waals surface area contributed by atoms with Crippen molar-refractivity contribution >= 4 is 37.9 Å². The van der Waals surface area contributed by atoms with Crippen molar-refractivity contribution in [3.05, 3.63) is 36.0 Å². The summed E-state index contributed by atoms with van der Waals surface area (Å²) < 4.78 is 65.2. The van der Waals surface area contributed by atoms with E-state index in [4.69, 9.17) is 0 Å². The van der Waals surface area contributed by atoms with Crippen molar-refractivity contribution in [2.75, 3.05) is 12.8 Å². The Balaban J connectivity index is 1.94. The number of alkyl halides is 3. The number of aromatic nitrogens is 2. The van der Waals surface area contributed by atoms with Gasteiger partial charge in [-0.2, -0.15) is 13.2 Å². The van der Waals surface area contributed by atoms with Crippen molar-refractivity contribution in [3.63, 3.8) is 0 Å². The molecule has 1 aliphatic carbocycles. The second-order valence-electron chi connectivity index (χ2n) is 7.16. The quantitative estimate of drug-likeness (QED) is 0.699. The van der Waals surface area contributed by atoms with Crippen LogP contribution in [0.25, 0.3) is 21.9 Å². The maximum Gasteiger partial charge on any atom is 0.405 e. The van der Waals surface area contributed by atoms with Crippen molar-refractivity contribution in [1.82, 2.24) is 13.9 Å². The minimum atomic E-state index is -4.59. The van der Waals surface area contributed by atoms with Crippen LogP contribution in [-0.2, 0) is 16.6 Å². The SMILES string of the molecule is CS(=O)(=O)n1c(C(=O)NCC(F)(F)F)cc2c1c1ccccc1n2CC1CC1. The van der Waals surface area contributed by atoms with Crippen LogP contribution in [0.15, 0.2) is 30.3 Å². The van der Waals surface area contributed by atoms with Crippen molar-refractivity contribution < 1.29 is 26.4 Å². The van der Waals surface area contributed by atoms with Gasteiger partial charge in [0, 0.05) is 11.9 Å². The van der Waals surface area contributed by atoms with Gasteiger partial charge in [0.1, 0.15) is 12.2 Å². The zero-order valence-electron chi connectivity index (χ0n) is 15.0. The summed E-state index contributed by atoms with van der Waals surface area (Å²) in [5, 5.41) is 2.40. The van der Waals surface area contributed by atoms with Crippen molar-refractivity contribution in [3.8, 4) is 0 Å². The number of hydrogen-bond donors (Lipinski definition) is 1. The molecule has 3 aromatic rings. The zero-order chi connectivity index (χ0) is 20.3. The summed E-state index contributed by atoms with van der Waals surface area (Å²) in [6, 6.07) is 8.58. The molecule has 2 aromatic heterocycles. The Morgan fingerprint density at radius 2 is 1.89 bits per heavy atom. The molecule has 0 aliphatic heterocycles. The smallest absolute Gasteiger partial charge is 0.342 e. The minimum Gasteiger partial charge on any atom is -0.342 e. The van der Waals surface area contributed by atoms with Gasteiger partial charge >= 0.3 is 6.18 Å². The molecule has 0 spiro atoms. The lowest BCUT2D eigenvalue weighted by atomic mass is 10.2. The highest BCUT2D eigenvalue weighted by Crippen LogP contribution is 2.37. The van der Waals surface area contributed by atoms with E-state index in [1.54, 1.807) is 17.4 Å². The van der Waals surface area contributed by atoms with E-state index in [1.807, 2.05) is 16.7 Å². The highest BCUT2D eigenvalue weighted by Gasteiger charge is 2.32. The number of para-hydroxylation sites is 1. The summed E-state index contributed by atoms with van der Waals surface area (Å²) in [7, 11) is -3.95. The molecule has 4 rings (SSSR count). The number of carbonyl (C=O) groups excluding carboxylic acids is 1. The fraction of sp³-hybridized carbons (Fsp3) is 0.389. The van der Waals surface area contributed by atoms with Crippen LogP contribution in [0.4, 0.5) is 13.2 Å². The summed E-state index contributed by atoms with van der Waals surface area (Å²) >= 11 is 0. The molecule has 150 valence electrons. The third-order valence-electron chi connectivity index (χ3n) is 4.83. The van der Waals surface area contributed by atoms with Crippen LogP contribution in [0.1, 0.15) is 23.3 Å². The first kappa shape index (κ1) is 18.9. The Labute approximate surface area is 159 Å². The fourth-order valence-electron chi connectivity index (χ4n) is 3.50. The van der Waals surface area contributed by atoms with E-state index in [1.165, 1.54) is 6.07 Å². The minimum absolute atomic E-state index is 0.316. The average molecular weight is 413 g/mol. The van der Waals surface area contributed by atoms with Gasteiger partial charge in [0.15, 0.2) is 0 Å². The molecule has 6 nitrogen and oxygen atoms in total. The zero-order valence-corrected chi connectivity index (χ0v) is 15.8. The Hall–Kier alpha value is -2.49. The predicted octanol–water partition coefficient (Wildman–Crippen LogP) is 3.11. The molecule has 0 atom stereocenters. The molecule has 1 fully saturated rings. The van der Waals surface area contributed by atoms with E-state index >= 15 is 0 Å². The summed E-state index contributed by atoms with van der Waals surface area (Å²) in [5.74, 6) is -0.607. The second kappa shape index (κ2) is 6.26. The van der Waals surface area contributed by atoms with Crippen molar-refractivity contribution in [1.29, 1.82) is 0 Å². The predicted molar refractivity (Wildman–Crippen MR) is 98.8 cm³/mol. The van der Waals surface area contributed by atoms with Crippen molar-refractivity contribution in [2.45, 2.75) is 25.6 Å². The van der Waals surface area contributed by atoms with E-state index in [2.05, 4.69) is 0 Å². The highest BCUT2D eigenvalue weighted by atomic mass is 32.2. The molecular weight excluding hydrogens is 395 g/mol. The molecule has 1 aromatic carbocycles. The number of carbonyl (C=O) groups is 1. The number of halogens is 3. The van der Waals surface area contributed by atoms with Crippen LogP contribution in [-0.4, -0.2) is 41.8 Å². The largest absolute Gasteiger partial charge is 0.405 e. The number of benzene rings is 1. The lowest BCUT2D eigenvalue weighted by Crippen LogP contribution is -2.35. The van der Waals surface area contributed by atoms with Crippen LogP contribution >= 0.6 is 0 Å². The molecule has 0 bridgehead atoms. The molecular formula is C18H18F3N3O3S. The van der Waals surface area contributed by atoms with Gasteiger partial charge in [-0.25, -0.2) is 12.4 Å². The van der Waals surface area contributed by atoms with Gasteiger partial charge < -0.3 is 9.88 Å². The first-order valence-corrected chi connectivity index (χ1v) is 10.6. The normalized spacial score (nSPS) is 15.4. The number of fused-ring (bicyclic) bond motifs is 3. The molecule has 1 saturated carbocycles. The molecule has 10 heteroatoms. The lowest BCUT2D eigenvalue weighted by Gasteiger charge is -2.11. The summed E-state index contributed by atoms with van der Waals surface area (Å²) in [6.45, 7) is -0.866. The molecule has 0 saturated heterocycles. The fourth-order valence-corrected chi connectivity index (χ4v) is 4.52. The maximum atomic E-state index is 12.5. The number of hydrogen-bond acceptors (Lipinski definition) is 3. The first-order valence-electron chi connectivity index (χ1n) is 8.74. The third kappa shape index (κ3) is 3.36. The van der Waals surface area contributed by atoms with E-state index < -0.39 is 28.7 Å². The molecule has 0 radical (unpaired) electrons. The van der Waals surface area contributed by atoms with Gasteiger partial charge in [-0.3, -0.25) is 4.79 Å². The van der Waals surface area contributed by atoms with Crippen LogP contribution < -0.4 is 5.32 Å². The van der Waals surface area contributed by atoms with Crippen LogP contribution in [0.5, 0.6) is 0 Å². The Kier molecular flexibility index (Phi) is 4.22. The summed E-state index contributed by atoms with van der Waals surface area (Å²) in [5.41, 5.74) is 1.35. The standard InChI is InChI=1S/C18H18F3N3O3S/c1-28(26,27)24-15(17(25)22-10-18(19,20)21)8-14-16(24)12-4-2-3-5-13(12)23(14)9-11-6-7-11/h2-5,8,11H,6-7,9-10H2,1H3,(H,22,25). The Morgan fingerprint density at radius 3 is 2.50 bits per heavy atom. The summed E-state index contributed by atoms with van der Waals surface area (Å²) in [6.07, 6.45) is -1.52. The number of nitrogens with zero attached hydrogens (tertiary/aromatic N) is 2. The van der Waals surface area contributed by atoms with Crippen LogP contribution in [0, 0.1) is 5.92 Å². The summed E-state index contributed by atoms with van der Waals surface area (Å²) in [4.78, 5) is 12.4. The van der Waals surface area contributed by atoms with Gasteiger partial charge in [-0.15, -0.1) is 0 Å². The number of rotatable bonds is 5. The van der Waals surface area contributed by atoms with Gasteiger partial charge in [-0.1, -0.05) is 18.2 Å². The second-order valence-corrected chi connectivity index (χ2v) is 8.99. The molecule has 1 aliphatic rings. The number of amides is 1. The molecule has 1 N–H and O–H groups in total. The van der Waals surface area contributed by atoms with E-state index in [0.717, 1.165) is 28.6 Å². The molecule has 28 heavy (non-hydrogen) atoms. The molecule has 1 amide bonds. The maximum absolute atomic E-state index is 12.5. The van der Waals surface area contributed by atoms with Crippen LogP contribution in [0.2, 0.25) is 0 Å². The topological polar surface area (TPSA) is 73.1 Å². The average Bonchev–Trinajstić information content (AvgIpc) is 3.24. The monoisotopic (exact) mass is 413 g/mol. The van der Waals surface area contributed by atoms with E-state index in [0.29, 0.717) is 28.9 Å². The Bertz CT molecular complexity index is 1190. The first-order chi connectivity index (χ1) is 13.1. The van der Waals surface area contributed by atoms with Gasteiger partial charge in [-0.05, 0) is 30.9 Å². The van der Waals surface area contributed by atoms with E-state index in [-0.39, 0.29) is 5.69 Å². The third-order valence-corrected chi connectivity index (χ3v) is 5.87. The van der Waals surface area contributed by atoms with Gasteiger partial charge in [0.2, 0.25) is 10.0 Å². The van der Waals surface area contributed by atoms with Gasteiger partial charge in [0.05, 0.1) is 22.8 Å². The van der Waals surface area contributed by atoms with Crippen molar-refractivity contribution in [2.24, 2.45) is 5.92 Å². The molecule has 0 unspecified atom stereocenters. The van der Waals surface area contributed by atoms with Gasteiger partial charge in [0.25, 0.3) is 5.91 Å². The lowest BCUT2D eigenvalue weighted by molar-refractivity contribution is -0.123. The number of nitrogens with one attached hydrogen (secondary N) is 1. The Morgan fingerprint density at radius 1 is 1.21 bits per heavy atom. The van der Waals surface area contributed by atoms with Crippen LogP contribution in [0.3, 0.4) is 0 Å². The molecule has 2 heterocycles. The van der Waals surface area contributed by atoms with E-state index in [9.17, 15) is 26.4 Å². The highest BCUT2D eigenvalue weighted by molar-refractivity contribution is 7.89.